The van der Waals surface area contributed by atoms with E-state index in [0.717, 1.165) is 26.0 Å². The summed E-state index contributed by atoms with van der Waals surface area (Å²) >= 11 is 0. The third-order valence-corrected chi connectivity index (χ3v) is 3.32. The maximum absolute atomic E-state index is 6.05. The Bertz CT molecular complexity index is 183. The molecule has 1 saturated heterocycles. The van der Waals surface area contributed by atoms with Crippen LogP contribution >= 0.6 is 0 Å². The Kier molecular flexibility index (Phi) is 7.09. The van der Waals surface area contributed by atoms with Crippen LogP contribution in [0.3, 0.4) is 0 Å². The van der Waals surface area contributed by atoms with E-state index < -0.39 is 0 Å². The molecule has 3 heteroatoms. The van der Waals surface area contributed by atoms with Gasteiger partial charge in [-0.15, -0.1) is 0 Å². The molecule has 0 spiro atoms. The van der Waals surface area contributed by atoms with Gasteiger partial charge in [0.15, 0.2) is 0 Å². The lowest BCUT2D eigenvalue weighted by molar-refractivity contribution is -0.104. The van der Waals surface area contributed by atoms with Crippen LogP contribution in [0.15, 0.2) is 0 Å². The van der Waals surface area contributed by atoms with Gasteiger partial charge in [-0.2, -0.15) is 0 Å². The Hall–Kier alpha value is -0.120. The Balaban J connectivity index is 2.27. The van der Waals surface area contributed by atoms with E-state index in [1.54, 1.807) is 0 Å². The Morgan fingerprint density at radius 2 is 1.88 bits per heavy atom. The van der Waals surface area contributed by atoms with Gasteiger partial charge in [0.2, 0.25) is 0 Å². The number of hydrogen-bond donors (Lipinski definition) is 1. The van der Waals surface area contributed by atoms with Gasteiger partial charge in [0.1, 0.15) is 0 Å². The summed E-state index contributed by atoms with van der Waals surface area (Å²) in [5, 5.41) is 3.49. The van der Waals surface area contributed by atoms with Crippen LogP contribution in [0.2, 0.25) is 0 Å². The van der Waals surface area contributed by atoms with Crippen molar-refractivity contribution < 1.29 is 9.47 Å². The lowest BCUT2D eigenvalue weighted by Gasteiger charge is -2.33. The largest absolute Gasteiger partial charge is 0.376 e. The zero-order chi connectivity index (χ0) is 12.7. The molecule has 3 unspecified atom stereocenters. The normalized spacial score (nSPS) is 31.4. The van der Waals surface area contributed by atoms with E-state index in [9.17, 15) is 0 Å². The van der Waals surface area contributed by atoms with E-state index in [2.05, 4.69) is 33.0 Å². The van der Waals surface area contributed by atoms with E-state index in [0.29, 0.717) is 24.4 Å². The van der Waals surface area contributed by atoms with Crippen molar-refractivity contribution in [3.8, 4) is 0 Å². The van der Waals surface area contributed by atoms with Crippen molar-refractivity contribution in [1.29, 1.82) is 0 Å². The van der Waals surface area contributed by atoms with Crippen molar-refractivity contribution >= 4 is 0 Å². The van der Waals surface area contributed by atoms with Crippen LogP contribution in [0.4, 0.5) is 0 Å². The molecule has 102 valence electrons. The maximum atomic E-state index is 6.05. The first-order valence-corrected chi connectivity index (χ1v) is 7.16. The molecule has 1 N–H and O–H groups in total. The molecular weight excluding hydrogens is 214 g/mol. The van der Waals surface area contributed by atoms with Crippen LogP contribution < -0.4 is 5.32 Å². The first-order valence-electron chi connectivity index (χ1n) is 7.16. The van der Waals surface area contributed by atoms with Crippen molar-refractivity contribution in [3.63, 3.8) is 0 Å². The molecule has 1 aliphatic rings. The van der Waals surface area contributed by atoms with Crippen LogP contribution in [-0.4, -0.2) is 37.5 Å². The average Bonchev–Trinajstić information content (AvgIpc) is 2.25. The molecule has 1 aliphatic heterocycles. The lowest BCUT2D eigenvalue weighted by atomic mass is 10.0. The molecule has 0 bridgehead atoms. The second-order valence-corrected chi connectivity index (χ2v) is 5.23. The van der Waals surface area contributed by atoms with Crippen LogP contribution in [0, 0.1) is 0 Å². The molecule has 17 heavy (non-hydrogen) atoms. The summed E-state index contributed by atoms with van der Waals surface area (Å²) in [6, 6.07) is 0.512. The molecular formula is C14H29NO2. The minimum absolute atomic E-state index is 0.340. The van der Waals surface area contributed by atoms with Crippen molar-refractivity contribution in [3.05, 3.63) is 0 Å². The second kappa shape index (κ2) is 8.06. The minimum Gasteiger partial charge on any atom is -0.376 e. The summed E-state index contributed by atoms with van der Waals surface area (Å²) in [5.41, 5.74) is 0. The molecule has 0 aliphatic carbocycles. The second-order valence-electron chi connectivity index (χ2n) is 5.23. The zero-order valence-corrected chi connectivity index (χ0v) is 11.9. The van der Waals surface area contributed by atoms with E-state index in [-0.39, 0.29) is 0 Å². The number of rotatable bonds is 7. The van der Waals surface area contributed by atoms with Gasteiger partial charge in [-0.1, -0.05) is 20.3 Å². The molecule has 0 radical (unpaired) electrons. The third kappa shape index (κ3) is 5.84. The number of nitrogens with one attached hydrogen (secondary N) is 1. The van der Waals surface area contributed by atoms with Gasteiger partial charge < -0.3 is 14.8 Å². The molecule has 1 rings (SSSR count). The highest BCUT2D eigenvalue weighted by Crippen LogP contribution is 2.21. The summed E-state index contributed by atoms with van der Waals surface area (Å²) in [6.07, 6.45) is 5.54. The zero-order valence-electron chi connectivity index (χ0n) is 11.9. The molecule has 3 nitrogen and oxygen atoms in total. The highest BCUT2D eigenvalue weighted by atomic mass is 16.5. The number of hydrogen-bond acceptors (Lipinski definition) is 3. The molecule has 0 aromatic rings. The van der Waals surface area contributed by atoms with Crippen LogP contribution in [-0.2, 0) is 9.47 Å². The van der Waals surface area contributed by atoms with E-state index in [4.69, 9.17) is 9.47 Å². The summed E-state index contributed by atoms with van der Waals surface area (Å²) in [6.45, 7) is 10.5. The third-order valence-electron chi connectivity index (χ3n) is 3.32. The summed E-state index contributed by atoms with van der Waals surface area (Å²) in [7, 11) is 0. The maximum Gasteiger partial charge on any atom is 0.0625 e. The molecule has 1 heterocycles. The Morgan fingerprint density at radius 3 is 2.41 bits per heavy atom. The Morgan fingerprint density at radius 1 is 1.24 bits per heavy atom. The van der Waals surface area contributed by atoms with Crippen LogP contribution in [0.1, 0.15) is 53.4 Å². The van der Waals surface area contributed by atoms with Crippen molar-refractivity contribution in [1.82, 2.24) is 5.32 Å². The van der Waals surface area contributed by atoms with Gasteiger partial charge in [0.25, 0.3) is 0 Å². The summed E-state index contributed by atoms with van der Waals surface area (Å²) in [5.74, 6) is 0. The van der Waals surface area contributed by atoms with Crippen molar-refractivity contribution in [2.45, 2.75) is 77.7 Å². The average molecular weight is 243 g/mol. The SMILES string of the molecule is CCCC(COC1CC(C)OC(C)C1)NCC. The predicted octanol–water partition coefficient (Wildman–Crippen LogP) is 2.74. The highest BCUT2D eigenvalue weighted by molar-refractivity contribution is 4.75. The first-order chi connectivity index (χ1) is 8.15. The molecule has 0 amide bonds. The number of likely N-dealkylation sites (N-methyl/N-ethyl adjacent to an activating group) is 1. The van der Waals surface area contributed by atoms with Gasteiger partial charge in [-0.3, -0.25) is 0 Å². The van der Waals surface area contributed by atoms with E-state index >= 15 is 0 Å². The fourth-order valence-corrected chi connectivity index (χ4v) is 2.61. The van der Waals surface area contributed by atoms with Gasteiger partial charge in [-0.05, 0) is 39.7 Å². The van der Waals surface area contributed by atoms with Gasteiger partial charge in [-0.25, -0.2) is 0 Å². The summed E-state index contributed by atoms with van der Waals surface area (Å²) < 4.78 is 11.8. The van der Waals surface area contributed by atoms with Crippen LogP contribution in [0.5, 0.6) is 0 Å². The van der Waals surface area contributed by atoms with Crippen LogP contribution in [0.25, 0.3) is 0 Å². The Labute approximate surface area is 106 Å². The minimum atomic E-state index is 0.340. The fourth-order valence-electron chi connectivity index (χ4n) is 2.61. The van der Waals surface area contributed by atoms with Gasteiger partial charge in [0.05, 0.1) is 24.9 Å². The molecule has 1 fully saturated rings. The quantitative estimate of drug-likeness (QED) is 0.746. The van der Waals surface area contributed by atoms with Crippen molar-refractivity contribution in [2.24, 2.45) is 0 Å². The summed E-state index contributed by atoms with van der Waals surface area (Å²) in [4.78, 5) is 0. The topological polar surface area (TPSA) is 30.5 Å². The molecule has 0 aromatic heterocycles. The number of ether oxygens (including phenoxy) is 2. The van der Waals surface area contributed by atoms with Gasteiger partial charge in [0, 0.05) is 6.04 Å². The van der Waals surface area contributed by atoms with E-state index in [1.807, 2.05) is 0 Å². The molecule has 3 atom stereocenters. The lowest BCUT2D eigenvalue weighted by Crippen LogP contribution is -2.39. The standard InChI is InChI=1S/C14H29NO2/c1-5-7-13(15-6-2)10-16-14-8-11(3)17-12(4)9-14/h11-15H,5-10H2,1-4H3. The fraction of sp³-hybridized carbons (Fsp3) is 1.00. The smallest absolute Gasteiger partial charge is 0.0625 e. The van der Waals surface area contributed by atoms with E-state index in [1.165, 1.54) is 12.8 Å². The van der Waals surface area contributed by atoms with Gasteiger partial charge >= 0.3 is 0 Å². The molecule has 0 saturated carbocycles. The predicted molar refractivity (Wildman–Crippen MR) is 71.4 cm³/mol. The monoisotopic (exact) mass is 243 g/mol. The highest BCUT2D eigenvalue weighted by Gasteiger charge is 2.25. The van der Waals surface area contributed by atoms with Crippen molar-refractivity contribution in [2.75, 3.05) is 13.2 Å². The first kappa shape index (κ1) is 14.9. The molecule has 0 aromatic carbocycles.